The number of benzene rings is 2. The molecule has 0 fully saturated rings. The van der Waals surface area contributed by atoms with E-state index in [2.05, 4.69) is 10.6 Å². The van der Waals surface area contributed by atoms with Crippen molar-refractivity contribution in [1.82, 2.24) is 5.32 Å². The van der Waals surface area contributed by atoms with Crippen molar-refractivity contribution in [2.24, 2.45) is 0 Å². The van der Waals surface area contributed by atoms with Gasteiger partial charge in [-0.1, -0.05) is 29.8 Å². The van der Waals surface area contributed by atoms with Crippen molar-refractivity contribution >= 4 is 23.2 Å². The number of carbonyl (C=O) groups is 1. The molecule has 0 heterocycles. The number of hydrogen-bond acceptors (Lipinski definition) is 2. The minimum absolute atomic E-state index is 0.140. The van der Waals surface area contributed by atoms with E-state index in [1.807, 2.05) is 6.92 Å². The molecule has 3 nitrogen and oxygen atoms in total. The third-order valence-corrected chi connectivity index (χ3v) is 3.51. The topological polar surface area (TPSA) is 41.1 Å². The van der Waals surface area contributed by atoms with E-state index < -0.39 is 0 Å². The fourth-order valence-electron chi connectivity index (χ4n) is 2.09. The monoisotopic (exact) mass is 320 g/mol. The molecule has 0 atom stereocenters. The predicted octanol–water partition coefficient (Wildman–Crippen LogP) is 3.56. The van der Waals surface area contributed by atoms with Crippen LogP contribution in [0.15, 0.2) is 42.5 Å². The van der Waals surface area contributed by atoms with Crippen molar-refractivity contribution in [3.8, 4) is 0 Å². The molecule has 0 saturated heterocycles. The van der Waals surface area contributed by atoms with Crippen molar-refractivity contribution in [3.63, 3.8) is 0 Å². The molecule has 5 heteroatoms. The third kappa shape index (κ3) is 4.83. The SMILES string of the molecule is Cc1cc(Cl)ccc1NC(=O)CNCCc1ccccc1F. The fourth-order valence-corrected chi connectivity index (χ4v) is 2.31. The summed E-state index contributed by atoms with van der Waals surface area (Å²) in [6.45, 7) is 2.59. The Morgan fingerprint density at radius 1 is 1.23 bits per heavy atom. The Morgan fingerprint density at radius 2 is 2.00 bits per heavy atom. The summed E-state index contributed by atoms with van der Waals surface area (Å²) >= 11 is 5.87. The number of rotatable bonds is 6. The van der Waals surface area contributed by atoms with Crippen LogP contribution in [0.3, 0.4) is 0 Å². The average molecular weight is 321 g/mol. The van der Waals surface area contributed by atoms with Gasteiger partial charge in [0.05, 0.1) is 6.54 Å². The maximum atomic E-state index is 13.4. The van der Waals surface area contributed by atoms with E-state index in [0.717, 1.165) is 11.3 Å². The molecule has 0 spiro atoms. The summed E-state index contributed by atoms with van der Waals surface area (Å²) in [7, 11) is 0. The van der Waals surface area contributed by atoms with Gasteiger partial charge in [-0.2, -0.15) is 0 Å². The first-order valence-electron chi connectivity index (χ1n) is 7.06. The molecular weight excluding hydrogens is 303 g/mol. The number of carbonyl (C=O) groups excluding carboxylic acids is 1. The van der Waals surface area contributed by atoms with Gasteiger partial charge in [0.15, 0.2) is 0 Å². The molecule has 0 aliphatic rings. The van der Waals surface area contributed by atoms with Crippen LogP contribution in [0.25, 0.3) is 0 Å². The van der Waals surface area contributed by atoms with E-state index in [1.165, 1.54) is 6.07 Å². The van der Waals surface area contributed by atoms with Crippen LogP contribution in [-0.2, 0) is 11.2 Å². The second-order valence-corrected chi connectivity index (χ2v) is 5.46. The van der Waals surface area contributed by atoms with Gasteiger partial charge in [-0.25, -0.2) is 4.39 Å². The van der Waals surface area contributed by atoms with E-state index in [-0.39, 0.29) is 18.3 Å². The van der Waals surface area contributed by atoms with Gasteiger partial charge in [0, 0.05) is 10.7 Å². The molecule has 0 aliphatic heterocycles. The van der Waals surface area contributed by atoms with Crippen molar-refractivity contribution in [1.29, 1.82) is 0 Å². The molecule has 2 N–H and O–H groups in total. The normalized spacial score (nSPS) is 10.5. The van der Waals surface area contributed by atoms with Crippen LogP contribution in [0.1, 0.15) is 11.1 Å². The van der Waals surface area contributed by atoms with Gasteiger partial charge in [0.1, 0.15) is 5.82 Å². The highest BCUT2D eigenvalue weighted by Crippen LogP contribution is 2.19. The zero-order chi connectivity index (χ0) is 15.9. The van der Waals surface area contributed by atoms with Crippen molar-refractivity contribution in [2.75, 3.05) is 18.4 Å². The summed E-state index contributed by atoms with van der Waals surface area (Å²) in [6.07, 6.45) is 0.542. The highest BCUT2D eigenvalue weighted by Gasteiger charge is 2.05. The third-order valence-electron chi connectivity index (χ3n) is 3.28. The molecule has 2 aromatic rings. The lowest BCUT2D eigenvalue weighted by molar-refractivity contribution is -0.115. The minimum atomic E-state index is -0.217. The smallest absolute Gasteiger partial charge is 0.238 e. The lowest BCUT2D eigenvalue weighted by atomic mass is 10.1. The summed E-state index contributed by atoms with van der Waals surface area (Å²) in [6, 6.07) is 11.9. The molecule has 0 bridgehead atoms. The number of hydrogen-bond donors (Lipinski definition) is 2. The Balaban J connectivity index is 1.75. The van der Waals surface area contributed by atoms with E-state index >= 15 is 0 Å². The maximum absolute atomic E-state index is 13.4. The fraction of sp³-hybridized carbons (Fsp3) is 0.235. The zero-order valence-electron chi connectivity index (χ0n) is 12.3. The number of amides is 1. The quantitative estimate of drug-likeness (QED) is 0.799. The molecule has 1 amide bonds. The van der Waals surface area contributed by atoms with E-state index in [4.69, 9.17) is 11.6 Å². The highest BCUT2D eigenvalue weighted by molar-refractivity contribution is 6.30. The summed E-state index contributed by atoms with van der Waals surface area (Å²) in [5, 5.41) is 6.46. The molecule has 0 aromatic heterocycles. The molecule has 2 rings (SSSR count). The summed E-state index contributed by atoms with van der Waals surface area (Å²) in [5.41, 5.74) is 2.29. The first kappa shape index (κ1) is 16.5. The van der Waals surface area contributed by atoms with Gasteiger partial charge >= 0.3 is 0 Å². The Bertz CT molecular complexity index is 661. The van der Waals surface area contributed by atoms with Gasteiger partial charge in [-0.15, -0.1) is 0 Å². The van der Waals surface area contributed by atoms with Crippen molar-refractivity contribution in [3.05, 3.63) is 64.4 Å². The Hall–Kier alpha value is -1.91. The van der Waals surface area contributed by atoms with Gasteiger partial charge in [0.25, 0.3) is 0 Å². The lowest BCUT2D eigenvalue weighted by Gasteiger charge is -2.09. The van der Waals surface area contributed by atoms with E-state index in [0.29, 0.717) is 23.6 Å². The molecule has 22 heavy (non-hydrogen) atoms. The van der Waals surface area contributed by atoms with E-state index in [9.17, 15) is 9.18 Å². The molecule has 0 saturated carbocycles. The predicted molar refractivity (Wildman–Crippen MR) is 87.8 cm³/mol. The van der Waals surface area contributed by atoms with Gasteiger partial charge in [0.2, 0.25) is 5.91 Å². The van der Waals surface area contributed by atoms with E-state index in [1.54, 1.807) is 36.4 Å². The number of halogens is 2. The van der Waals surface area contributed by atoms with Gasteiger partial charge < -0.3 is 10.6 Å². The first-order valence-corrected chi connectivity index (χ1v) is 7.44. The molecular formula is C17H18ClFN2O. The lowest BCUT2D eigenvalue weighted by Crippen LogP contribution is -2.29. The van der Waals surface area contributed by atoms with Gasteiger partial charge in [-0.3, -0.25) is 4.79 Å². The van der Waals surface area contributed by atoms with Crippen LogP contribution in [0.5, 0.6) is 0 Å². The largest absolute Gasteiger partial charge is 0.325 e. The van der Waals surface area contributed by atoms with Crippen molar-refractivity contribution in [2.45, 2.75) is 13.3 Å². The summed E-state index contributed by atoms with van der Waals surface area (Å²) < 4.78 is 13.4. The Labute approximate surface area is 134 Å². The Kier molecular flexibility index (Phi) is 5.92. The molecule has 0 radical (unpaired) electrons. The number of aryl methyl sites for hydroxylation is 1. The number of nitrogens with one attached hydrogen (secondary N) is 2. The number of anilines is 1. The highest BCUT2D eigenvalue weighted by atomic mass is 35.5. The van der Waals surface area contributed by atoms with Crippen LogP contribution in [0, 0.1) is 12.7 Å². The van der Waals surface area contributed by atoms with Crippen LogP contribution in [0.2, 0.25) is 5.02 Å². The van der Waals surface area contributed by atoms with Crippen LogP contribution in [-0.4, -0.2) is 19.0 Å². The molecule has 116 valence electrons. The molecule has 0 unspecified atom stereocenters. The summed E-state index contributed by atoms with van der Waals surface area (Å²) in [4.78, 5) is 11.8. The molecule has 0 aliphatic carbocycles. The maximum Gasteiger partial charge on any atom is 0.238 e. The first-order chi connectivity index (χ1) is 10.6. The Morgan fingerprint density at radius 3 is 2.73 bits per heavy atom. The average Bonchev–Trinajstić information content (AvgIpc) is 2.48. The van der Waals surface area contributed by atoms with Crippen LogP contribution in [0.4, 0.5) is 10.1 Å². The van der Waals surface area contributed by atoms with Crippen LogP contribution < -0.4 is 10.6 Å². The minimum Gasteiger partial charge on any atom is -0.325 e. The van der Waals surface area contributed by atoms with Crippen LogP contribution >= 0.6 is 11.6 Å². The summed E-state index contributed by atoms with van der Waals surface area (Å²) in [5.74, 6) is -0.357. The van der Waals surface area contributed by atoms with Gasteiger partial charge in [-0.05, 0) is 55.3 Å². The second kappa shape index (κ2) is 7.92. The second-order valence-electron chi connectivity index (χ2n) is 5.03. The zero-order valence-corrected chi connectivity index (χ0v) is 13.1. The van der Waals surface area contributed by atoms with Crippen molar-refractivity contribution < 1.29 is 9.18 Å². The standard InChI is InChI=1S/C17H18ClFN2O/c1-12-10-14(18)6-7-16(12)21-17(22)11-20-9-8-13-4-2-3-5-15(13)19/h2-7,10,20H,8-9,11H2,1H3,(H,21,22). The molecule has 2 aromatic carbocycles.